The number of aryl methyl sites for hydroxylation is 1. The minimum Gasteiger partial charge on any atom is -0.433 e. The number of carbonyl (C=O) groups is 1. The number of hydrogen-bond donors (Lipinski definition) is 3. The van der Waals surface area contributed by atoms with Gasteiger partial charge in [-0.3, -0.25) is 4.79 Å². The number of primary amides is 1. The van der Waals surface area contributed by atoms with Gasteiger partial charge in [0.05, 0.1) is 16.9 Å². The van der Waals surface area contributed by atoms with Crippen LogP contribution in [0.15, 0.2) is 35.2 Å². The number of anilines is 5. The highest BCUT2D eigenvalue weighted by Crippen LogP contribution is 2.34. The van der Waals surface area contributed by atoms with E-state index in [4.69, 9.17) is 10.5 Å². The van der Waals surface area contributed by atoms with Crippen molar-refractivity contribution in [2.45, 2.75) is 20.5 Å². The van der Waals surface area contributed by atoms with E-state index in [9.17, 15) is 13.6 Å². The average molecular weight is 504 g/mol. The van der Waals surface area contributed by atoms with E-state index in [1.54, 1.807) is 36.0 Å². The standard InChI is InChI=1S/C23H27F2N7O2S/c1-3-31-6-8-32(9-7-31)15-4-5-17(19(10-15)34-22(24)25)29-23-27-11-14(2)21(30-23)28-18-13-35-12-16(18)20(26)33/h4-5,10-13,22H,3,6-9H2,1-2H3,(H2,26,33)(H2,27,28,29,30). The molecule has 0 saturated carbocycles. The highest BCUT2D eigenvalue weighted by Gasteiger charge is 2.19. The van der Waals surface area contributed by atoms with E-state index in [1.165, 1.54) is 11.3 Å². The third-order valence-electron chi connectivity index (χ3n) is 5.76. The summed E-state index contributed by atoms with van der Waals surface area (Å²) in [6.45, 7) is 5.37. The minimum absolute atomic E-state index is 0.00274. The molecule has 0 radical (unpaired) electrons. The van der Waals surface area contributed by atoms with E-state index in [2.05, 4.69) is 37.3 Å². The number of nitrogens with one attached hydrogen (secondary N) is 2. The molecule has 0 atom stereocenters. The Balaban J connectivity index is 1.56. The predicted octanol–water partition coefficient (Wildman–Crippen LogP) is 4.18. The molecule has 1 aliphatic rings. The third kappa shape index (κ3) is 5.95. The number of piperazine rings is 1. The Bertz CT molecular complexity index is 1180. The number of nitrogens with two attached hydrogens (primary N) is 1. The summed E-state index contributed by atoms with van der Waals surface area (Å²) < 4.78 is 31.2. The van der Waals surface area contributed by atoms with Gasteiger partial charge in [0.1, 0.15) is 5.82 Å². The van der Waals surface area contributed by atoms with Crippen molar-refractivity contribution in [3.05, 3.63) is 46.3 Å². The van der Waals surface area contributed by atoms with E-state index >= 15 is 0 Å². The van der Waals surface area contributed by atoms with Gasteiger partial charge in [-0.25, -0.2) is 4.98 Å². The molecular weight excluding hydrogens is 476 g/mol. The van der Waals surface area contributed by atoms with Crippen molar-refractivity contribution in [3.8, 4) is 5.75 Å². The Morgan fingerprint density at radius 2 is 1.97 bits per heavy atom. The summed E-state index contributed by atoms with van der Waals surface area (Å²) in [4.78, 5) is 24.8. The smallest absolute Gasteiger partial charge is 0.387 e. The highest BCUT2D eigenvalue weighted by molar-refractivity contribution is 7.08. The van der Waals surface area contributed by atoms with Crippen LogP contribution in [0.5, 0.6) is 5.75 Å². The molecule has 1 saturated heterocycles. The summed E-state index contributed by atoms with van der Waals surface area (Å²) in [6, 6.07) is 5.15. The minimum atomic E-state index is -2.98. The van der Waals surface area contributed by atoms with Crippen molar-refractivity contribution in [2.75, 3.05) is 48.3 Å². The maximum absolute atomic E-state index is 13.2. The van der Waals surface area contributed by atoms with Crippen molar-refractivity contribution >= 4 is 46.1 Å². The van der Waals surface area contributed by atoms with Crippen LogP contribution in [0, 0.1) is 6.92 Å². The maximum atomic E-state index is 13.2. The number of thiophene rings is 1. The molecule has 0 unspecified atom stereocenters. The van der Waals surface area contributed by atoms with Gasteiger partial charge >= 0.3 is 6.61 Å². The van der Waals surface area contributed by atoms with Crippen LogP contribution in [-0.4, -0.2) is 60.1 Å². The molecule has 12 heteroatoms. The van der Waals surface area contributed by atoms with Gasteiger partial charge in [-0.15, -0.1) is 11.3 Å². The lowest BCUT2D eigenvalue weighted by molar-refractivity contribution is -0.0493. The first kappa shape index (κ1) is 24.6. The molecule has 1 aliphatic heterocycles. The van der Waals surface area contributed by atoms with Gasteiger partial charge in [0.25, 0.3) is 5.91 Å². The fraction of sp³-hybridized carbons (Fsp3) is 0.348. The molecule has 0 aliphatic carbocycles. The van der Waals surface area contributed by atoms with E-state index in [0.717, 1.165) is 44.0 Å². The average Bonchev–Trinajstić information content (AvgIpc) is 3.30. The van der Waals surface area contributed by atoms with E-state index in [0.29, 0.717) is 22.8 Å². The lowest BCUT2D eigenvalue weighted by Gasteiger charge is -2.35. The number of halogens is 2. The van der Waals surface area contributed by atoms with Gasteiger partial charge in [0.2, 0.25) is 5.95 Å². The number of ether oxygens (including phenoxy) is 1. The molecule has 4 rings (SSSR count). The number of amides is 1. The Labute approximate surface area is 205 Å². The summed E-state index contributed by atoms with van der Waals surface area (Å²) in [7, 11) is 0. The molecule has 35 heavy (non-hydrogen) atoms. The molecule has 0 bridgehead atoms. The topological polar surface area (TPSA) is 109 Å². The zero-order valence-electron chi connectivity index (χ0n) is 19.4. The number of alkyl halides is 2. The zero-order valence-corrected chi connectivity index (χ0v) is 20.2. The first-order chi connectivity index (χ1) is 16.8. The van der Waals surface area contributed by atoms with E-state index in [-0.39, 0.29) is 11.7 Å². The predicted molar refractivity (Wildman–Crippen MR) is 134 cm³/mol. The van der Waals surface area contributed by atoms with E-state index in [1.807, 2.05) is 6.07 Å². The number of carbonyl (C=O) groups excluding carboxylic acids is 1. The second kappa shape index (κ2) is 10.8. The van der Waals surface area contributed by atoms with Crippen molar-refractivity contribution in [2.24, 2.45) is 5.73 Å². The van der Waals surface area contributed by atoms with Crippen LogP contribution in [0.1, 0.15) is 22.8 Å². The lowest BCUT2D eigenvalue weighted by atomic mass is 10.2. The molecule has 4 N–H and O–H groups in total. The lowest BCUT2D eigenvalue weighted by Crippen LogP contribution is -2.46. The summed E-state index contributed by atoms with van der Waals surface area (Å²) in [5.74, 6) is 0.0780. The molecule has 1 amide bonds. The quantitative estimate of drug-likeness (QED) is 0.399. The number of nitrogens with zero attached hydrogens (tertiary/aromatic N) is 4. The Morgan fingerprint density at radius 3 is 2.66 bits per heavy atom. The van der Waals surface area contributed by atoms with Crippen molar-refractivity contribution < 1.29 is 18.3 Å². The van der Waals surface area contributed by atoms with Gasteiger partial charge in [-0.05, 0) is 25.6 Å². The Morgan fingerprint density at radius 1 is 1.20 bits per heavy atom. The van der Waals surface area contributed by atoms with Crippen LogP contribution < -0.4 is 26.0 Å². The van der Waals surface area contributed by atoms with Crippen molar-refractivity contribution in [3.63, 3.8) is 0 Å². The summed E-state index contributed by atoms with van der Waals surface area (Å²) in [5, 5.41) is 9.47. The van der Waals surface area contributed by atoms with Gasteiger partial charge < -0.3 is 30.9 Å². The van der Waals surface area contributed by atoms with Gasteiger partial charge in [0, 0.05) is 60.5 Å². The van der Waals surface area contributed by atoms with Gasteiger partial charge in [-0.1, -0.05) is 6.92 Å². The zero-order chi connectivity index (χ0) is 24.9. The second-order valence-electron chi connectivity index (χ2n) is 8.02. The fourth-order valence-electron chi connectivity index (χ4n) is 3.79. The number of aromatic nitrogens is 2. The number of likely N-dealkylation sites (N-methyl/N-ethyl adjacent to an activating group) is 1. The van der Waals surface area contributed by atoms with Crippen LogP contribution in [0.25, 0.3) is 0 Å². The van der Waals surface area contributed by atoms with Crippen LogP contribution >= 0.6 is 11.3 Å². The van der Waals surface area contributed by atoms with E-state index < -0.39 is 12.5 Å². The molecule has 3 aromatic rings. The maximum Gasteiger partial charge on any atom is 0.387 e. The molecule has 186 valence electrons. The summed E-state index contributed by atoms with van der Waals surface area (Å²) in [6.07, 6.45) is 1.59. The molecule has 9 nitrogen and oxygen atoms in total. The van der Waals surface area contributed by atoms with Gasteiger partial charge in [-0.2, -0.15) is 13.8 Å². The monoisotopic (exact) mass is 503 g/mol. The summed E-state index contributed by atoms with van der Waals surface area (Å²) >= 11 is 1.33. The number of hydrogen-bond acceptors (Lipinski definition) is 9. The fourth-order valence-corrected chi connectivity index (χ4v) is 4.56. The Kier molecular flexibility index (Phi) is 7.61. The van der Waals surface area contributed by atoms with Crippen LogP contribution in [0.3, 0.4) is 0 Å². The Hall–Kier alpha value is -3.51. The van der Waals surface area contributed by atoms with Crippen LogP contribution in [0.4, 0.5) is 37.6 Å². The third-order valence-corrected chi connectivity index (χ3v) is 6.51. The van der Waals surface area contributed by atoms with Gasteiger partial charge in [0.15, 0.2) is 5.75 Å². The molecule has 1 fully saturated rings. The molecule has 2 aromatic heterocycles. The van der Waals surface area contributed by atoms with Crippen molar-refractivity contribution in [1.82, 2.24) is 14.9 Å². The number of benzene rings is 1. The van der Waals surface area contributed by atoms with Crippen LogP contribution in [-0.2, 0) is 0 Å². The first-order valence-electron chi connectivity index (χ1n) is 11.1. The molecular formula is C23H27F2N7O2S. The number of rotatable bonds is 9. The molecule has 0 spiro atoms. The van der Waals surface area contributed by atoms with Crippen molar-refractivity contribution in [1.29, 1.82) is 0 Å². The van der Waals surface area contributed by atoms with Crippen LogP contribution in [0.2, 0.25) is 0 Å². The first-order valence-corrected chi connectivity index (χ1v) is 12.1. The molecule has 1 aromatic carbocycles. The second-order valence-corrected chi connectivity index (χ2v) is 8.76. The normalized spacial score (nSPS) is 14.3. The largest absolute Gasteiger partial charge is 0.433 e. The SMILES string of the molecule is CCN1CCN(c2ccc(Nc3ncc(C)c(Nc4cscc4C(N)=O)n3)c(OC(F)F)c2)CC1. The molecule has 3 heterocycles. The highest BCUT2D eigenvalue weighted by atomic mass is 32.1. The summed E-state index contributed by atoms with van der Waals surface area (Å²) in [5.41, 5.74) is 8.15.